The number of nitrogens with zero attached hydrogens (tertiary/aromatic N) is 4. The first kappa shape index (κ1) is 68.7. The summed E-state index contributed by atoms with van der Waals surface area (Å²) in [4.78, 5) is 55.9. The zero-order valence-corrected chi connectivity index (χ0v) is 54.8. The second kappa shape index (κ2) is 31.1. The van der Waals surface area contributed by atoms with Gasteiger partial charge in [0, 0.05) is 88.6 Å². The summed E-state index contributed by atoms with van der Waals surface area (Å²) in [7, 11) is 0. The van der Waals surface area contributed by atoms with E-state index in [2.05, 4.69) is 155 Å². The fourth-order valence-corrected chi connectivity index (χ4v) is 16.8. The van der Waals surface area contributed by atoms with E-state index in [-0.39, 0.29) is 24.4 Å². The van der Waals surface area contributed by atoms with Gasteiger partial charge in [-0.3, -0.25) is 9.80 Å². The number of hydrogen-bond donors (Lipinski definition) is 0. The number of piperidine rings is 6. The Kier molecular flexibility index (Phi) is 24.8. The molecule has 6 saturated heterocycles. The Labute approximate surface area is 531 Å². The molecule has 468 valence electrons. The van der Waals surface area contributed by atoms with Crippen LogP contribution in [0.1, 0.15) is 90.0 Å². The minimum absolute atomic E-state index is 0.0282. The van der Waals surface area contributed by atoms with Gasteiger partial charge >= 0.3 is 24.5 Å². The average Bonchev–Trinajstić information content (AvgIpc) is 1.55. The maximum absolute atomic E-state index is 13.6. The molecule has 2 aromatic carbocycles. The molecule has 4 aromatic heterocycles. The Morgan fingerprint density at radius 1 is 0.558 bits per heavy atom. The number of aryl methyl sites for hydroxylation is 6. The van der Waals surface area contributed by atoms with E-state index in [4.69, 9.17) is 29.3 Å². The van der Waals surface area contributed by atoms with Gasteiger partial charge in [-0.25, -0.2) is 9.59 Å². The highest BCUT2D eigenvalue weighted by atomic mass is 79.9. The molecule has 0 saturated carbocycles. The van der Waals surface area contributed by atoms with E-state index in [0.717, 1.165) is 43.8 Å². The Morgan fingerprint density at radius 3 is 1.17 bits per heavy atom. The third kappa shape index (κ3) is 20.1. The van der Waals surface area contributed by atoms with Gasteiger partial charge in [0.05, 0.1) is 65.4 Å². The number of aliphatic carboxylic acids is 2. The minimum Gasteiger partial charge on any atom is -0.542 e. The summed E-state index contributed by atoms with van der Waals surface area (Å²) in [6.07, 6.45) is -1.35. The Balaban J connectivity index is 0.000000201. The first-order valence-corrected chi connectivity index (χ1v) is 33.5. The molecule has 2 atom stereocenters. The Bertz CT molecular complexity index is 2910. The summed E-state index contributed by atoms with van der Waals surface area (Å²) in [6.45, 7) is 20.1. The smallest absolute Gasteiger partial charge is 0.430 e. The predicted molar refractivity (Wildman–Crippen MR) is 327 cm³/mol. The number of alkyl halides is 6. The molecule has 6 aliphatic rings. The number of carboxylic acids is 2. The number of hydrogen-bond acceptors (Lipinski definition) is 12. The summed E-state index contributed by atoms with van der Waals surface area (Å²) in [5, 5.41) is 21.8. The number of amides is 2. The van der Waals surface area contributed by atoms with Crippen molar-refractivity contribution in [1.29, 1.82) is 0 Å². The van der Waals surface area contributed by atoms with Crippen molar-refractivity contribution >= 4 is 101 Å². The van der Waals surface area contributed by atoms with E-state index in [1.807, 2.05) is 9.80 Å². The van der Waals surface area contributed by atoms with Crippen LogP contribution in [0.2, 0.25) is 0 Å². The molecule has 4 bridgehead atoms. The molecule has 12 rings (SSSR count). The number of quaternary nitrogens is 2. The molecule has 0 radical (unpaired) electrons. The van der Waals surface area contributed by atoms with Crippen molar-refractivity contribution < 1.29 is 74.2 Å². The van der Waals surface area contributed by atoms with Gasteiger partial charge in [-0.05, 0) is 130 Å². The van der Waals surface area contributed by atoms with Crippen LogP contribution in [0.3, 0.4) is 0 Å². The van der Waals surface area contributed by atoms with Crippen LogP contribution in [-0.2, 0) is 58.1 Å². The summed E-state index contributed by atoms with van der Waals surface area (Å²) in [6, 6.07) is 30.1. The molecule has 6 aromatic rings. The van der Waals surface area contributed by atoms with E-state index >= 15 is 0 Å². The van der Waals surface area contributed by atoms with Gasteiger partial charge < -0.3 is 38.2 Å². The van der Waals surface area contributed by atoms with Crippen molar-refractivity contribution in [3.63, 3.8) is 0 Å². The first-order chi connectivity index (χ1) is 40.7. The Morgan fingerprint density at radius 2 is 0.895 bits per heavy atom. The maximum atomic E-state index is 13.6. The number of carbonyl (C=O) groups is 4. The van der Waals surface area contributed by atoms with Crippen molar-refractivity contribution in [2.75, 3.05) is 52.4 Å². The van der Waals surface area contributed by atoms with Crippen LogP contribution < -0.4 is 10.2 Å². The van der Waals surface area contributed by atoms with Crippen LogP contribution in [0.15, 0.2) is 105 Å². The highest BCUT2D eigenvalue weighted by Crippen LogP contribution is 2.39. The topological polar surface area (TPSA) is 139 Å². The third-order valence-corrected chi connectivity index (χ3v) is 22.8. The molecule has 10 heterocycles. The minimum atomic E-state index is -5.19. The van der Waals surface area contributed by atoms with E-state index in [1.165, 1.54) is 129 Å². The van der Waals surface area contributed by atoms with E-state index in [1.54, 1.807) is 45.3 Å². The fraction of sp³-hybridized carbons (Fsp3) is 0.484. The lowest BCUT2D eigenvalue weighted by atomic mass is 9.83. The lowest BCUT2D eigenvalue weighted by Gasteiger charge is -2.52. The summed E-state index contributed by atoms with van der Waals surface area (Å²) >= 11 is 14.2. The molecule has 0 aliphatic carbocycles. The van der Waals surface area contributed by atoms with E-state index in [9.17, 15) is 35.9 Å². The molecular formula is C62H72Br2F6N4O8S4. The zero-order chi connectivity index (χ0) is 62.4. The second-order valence-electron chi connectivity index (χ2n) is 22.7. The van der Waals surface area contributed by atoms with Crippen molar-refractivity contribution in [3.8, 4) is 0 Å². The highest BCUT2D eigenvalue weighted by molar-refractivity contribution is 9.11. The van der Waals surface area contributed by atoms with Gasteiger partial charge in [-0.2, -0.15) is 26.3 Å². The van der Waals surface area contributed by atoms with Gasteiger partial charge in [-0.1, -0.05) is 60.7 Å². The van der Waals surface area contributed by atoms with Crippen molar-refractivity contribution in [2.45, 2.75) is 130 Å². The fourth-order valence-electron chi connectivity index (χ4n) is 11.7. The number of benzene rings is 2. The van der Waals surface area contributed by atoms with E-state index < -0.39 is 24.3 Å². The van der Waals surface area contributed by atoms with Crippen molar-refractivity contribution in [3.05, 3.63) is 156 Å². The van der Waals surface area contributed by atoms with Crippen LogP contribution in [0.4, 0.5) is 35.9 Å². The zero-order valence-electron chi connectivity index (χ0n) is 48.4. The molecule has 2 amide bonds. The largest absolute Gasteiger partial charge is 0.542 e. The SMILES string of the molecule is Cc1ccsc1CN(Cc1cc(Br)c(C)s1)C(=O)O[C@H]1C[N+]2(CCCc3ccccc3)CCC1CC2.Cc1ccsc1CN(Cc1cc(Br)c(C)s1)C(=O)O[C@H]1C[N+]2(CCCc3ccccc3)CCC1CC2.O=C([O-])C(F)(F)F.O=C([O-])C(F)(F)F. The standard InChI is InChI=1S/2C29H36BrN2O2S2.2C2HF3O2/c2*1-21-12-16-35-28(21)19-31(18-25-17-26(30)22(2)36-25)29(33)34-27-20-32(14-10-24(27)11-15-32)13-6-9-23-7-4-3-5-8-23;2*3-2(4,5)1(6)7/h2*3-5,7-8,12,16-17,24,27H,6,9-11,13-15,18-20H2,1-2H3;2*(H,6,7)/q2*+1;;/p-2/t2*24?,27-,32?;;/m00../s1. The third-order valence-electron chi connectivity index (χ3n) is 16.6. The number of carbonyl (C=O) groups excluding carboxylic acids is 4. The molecule has 24 heteroatoms. The number of carboxylic acid groups (broad SMARTS) is 2. The van der Waals surface area contributed by atoms with Crippen LogP contribution in [0, 0.1) is 39.5 Å². The summed E-state index contributed by atoms with van der Waals surface area (Å²) < 4.78 is 80.2. The van der Waals surface area contributed by atoms with Crippen LogP contribution in [0.5, 0.6) is 0 Å². The highest BCUT2D eigenvalue weighted by Gasteiger charge is 2.49. The number of fused-ring (bicyclic) bond motifs is 6. The lowest BCUT2D eigenvalue weighted by molar-refractivity contribution is -0.946. The van der Waals surface area contributed by atoms with Crippen molar-refractivity contribution in [1.82, 2.24) is 9.80 Å². The van der Waals surface area contributed by atoms with Crippen LogP contribution in [-0.4, -0.2) is 120 Å². The molecule has 6 fully saturated rings. The van der Waals surface area contributed by atoms with Gasteiger partial charge in [0.25, 0.3) is 0 Å². The number of ether oxygens (including phenoxy) is 2. The molecule has 0 unspecified atom stereocenters. The van der Waals surface area contributed by atoms with E-state index in [0.29, 0.717) is 38.0 Å². The first-order valence-electron chi connectivity index (χ1n) is 28.5. The monoisotopic (exact) mass is 1400 g/mol. The summed E-state index contributed by atoms with van der Waals surface area (Å²) in [5.41, 5.74) is 5.32. The van der Waals surface area contributed by atoms with Gasteiger partial charge in [-0.15, -0.1) is 45.3 Å². The summed E-state index contributed by atoms with van der Waals surface area (Å²) in [5.74, 6) is -5.00. The number of rotatable bonds is 18. The molecule has 86 heavy (non-hydrogen) atoms. The molecule has 6 aliphatic heterocycles. The van der Waals surface area contributed by atoms with Crippen molar-refractivity contribution in [2.24, 2.45) is 11.8 Å². The van der Waals surface area contributed by atoms with Gasteiger partial charge in [0.1, 0.15) is 25.0 Å². The maximum Gasteiger partial charge on any atom is 0.430 e. The second-order valence-corrected chi connectivity index (χ2v) is 29.0. The Hall–Kier alpha value is -4.82. The number of halogens is 8. The molecular weight excluding hydrogens is 1330 g/mol. The molecule has 0 N–H and O–H groups in total. The van der Waals surface area contributed by atoms with Gasteiger partial charge in [0.15, 0.2) is 12.2 Å². The van der Waals surface area contributed by atoms with Crippen LogP contribution in [0.25, 0.3) is 0 Å². The number of thiophene rings is 4. The normalized spacial score (nSPS) is 21.2. The predicted octanol–water partition coefficient (Wildman–Crippen LogP) is 13.7. The quantitative estimate of drug-likeness (QED) is 0.0612. The molecule has 0 spiro atoms. The van der Waals surface area contributed by atoms with Gasteiger partial charge in [0.2, 0.25) is 0 Å². The molecule has 12 nitrogen and oxygen atoms in total. The average molecular weight is 1400 g/mol. The lowest BCUT2D eigenvalue weighted by Crippen LogP contribution is -2.65. The van der Waals surface area contributed by atoms with Crippen LogP contribution >= 0.6 is 77.2 Å².